The Labute approximate surface area is 150 Å². The summed E-state index contributed by atoms with van der Waals surface area (Å²) in [7, 11) is 0. The first kappa shape index (κ1) is 18.8. The van der Waals surface area contributed by atoms with Crippen LogP contribution >= 0.6 is 0 Å². The van der Waals surface area contributed by atoms with Crippen LogP contribution in [0.4, 0.5) is 4.79 Å². The normalized spacial score (nSPS) is 21.2. The van der Waals surface area contributed by atoms with E-state index in [4.69, 9.17) is 9.47 Å². The van der Waals surface area contributed by atoms with Crippen molar-refractivity contribution in [2.24, 2.45) is 0 Å². The summed E-state index contributed by atoms with van der Waals surface area (Å²) in [4.78, 5) is 16.7. The first-order valence-corrected chi connectivity index (χ1v) is 9.76. The Morgan fingerprint density at radius 3 is 2.58 bits per heavy atom. The number of nitriles is 1. The van der Waals surface area contributed by atoms with Crippen LogP contribution in [-0.2, 0) is 9.47 Å². The fourth-order valence-corrected chi connectivity index (χ4v) is 4.39. The van der Waals surface area contributed by atoms with Crippen molar-refractivity contribution < 1.29 is 14.3 Å². The molecule has 0 saturated carbocycles. The van der Waals surface area contributed by atoms with E-state index in [2.05, 4.69) is 4.97 Å². The van der Waals surface area contributed by atoms with Gasteiger partial charge in [0, 0.05) is 0 Å². The molecule has 6 heteroatoms. The Morgan fingerprint density at radius 2 is 2.04 bits per heavy atom. The molecule has 1 fully saturated rings. The molecule has 1 aliphatic heterocycles. The molecule has 5 nitrogen and oxygen atoms in total. The van der Waals surface area contributed by atoms with Crippen molar-refractivity contribution in [2.75, 3.05) is 6.61 Å². The van der Waals surface area contributed by atoms with Crippen molar-refractivity contribution in [3.63, 3.8) is 0 Å². The third-order valence-electron chi connectivity index (χ3n) is 3.77. The van der Waals surface area contributed by atoms with E-state index < -0.39 is 17.4 Å². The molecule has 0 aliphatic carbocycles. The summed E-state index contributed by atoms with van der Waals surface area (Å²) in [5.74, 6) is 0. The van der Waals surface area contributed by atoms with Crippen LogP contribution in [0.1, 0.15) is 45.0 Å². The van der Waals surface area contributed by atoms with Gasteiger partial charge in [0.05, 0.1) is 0 Å². The van der Waals surface area contributed by atoms with Crippen molar-refractivity contribution in [1.29, 1.82) is 5.26 Å². The molecule has 24 heavy (non-hydrogen) atoms. The third-order valence-corrected chi connectivity index (χ3v) is 5.75. The Kier molecular flexibility index (Phi) is 5.59. The molecule has 1 saturated heterocycles. The number of benzene rings is 1. The minimum absolute atomic E-state index is 0.0574. The molecule has 1 aromatic carbocycles. The zero-order valence-corrected chi connectivity index (χ0v) is 16.5. The standard InChI is InChI=1S/C18H24N2O3Se/c1-17(2,3)23-16(21)20-14(11-22-18(20,4)5)15(24-12-19)13-9-7-6-8-10-13/h6-10,14-15H,11H2,1-5H3/t14-,15-/m1/s1. The summed E-state index contributed by atoms with van der Waals surface area (Å²) in [6.45, 7) is 9.65. The van der Waals surface area contributed by atoms with Crippen LogP contribution in [0.2, 0.25) is 0 Å². The zero-order valence-electron chi connectivity index (χ0n) is 14.8. The summed E-state index contributed by atoms with van der Waals surface area (Å²) < 4.78 is 11.5. The predicted octanol–water partition coefficient (Wildman–Crippen LogP) is 3.28. The Hall–Kier alpha value is -1.54. The molecule has 2 rings (SSSR count). The van der Waals surface area contributed by atoms with Crippen LogP contribution in [0.5, 0.6) is 0 Å². The van der Waals surface area contributed by atoms with Gasteiger partial charge >= 0.3 is 150 Å². The Morgan fingerprint density at radius 1 is 1.42 bits per heavy atom. The fraction of sp³-hybridized carbons (Fsp3) is 0.556. The van der Waals surface area contributed by atoms with Gasteiger partial charge in [-0.05, 0) is 0 Å². The molecule has 0 N–H and O–H groups in total. The summed E-state index contributed by atoms with van der Waals surface area (Å²) in [6.07, 6.45) is -0.398. The second kappa shape index (κ2) is 7.14. The van der Waals surface area contributed by atoms with E-state index in [1.54, 1.807) is 4.90 Å². The van der Waals surface area contributed by atoms with Crippen molar-refractivity contribution in [3.8, 4) is 4.97 Å². The van der Waals surface area contributed by atoms with Gasteiger partial charge in [0.1, 0.15) is 0 Å². The molecule has 1 amide bonds. The van der Waals surface area contributed by atoms with Crippen molar-refractivity contribution in [2.45, 2.75) is 56.8 Å². The van der Waals surface area contributed by atoms with Crippen molar-refractivity contribution in [1.82, 2.24) is 4.90 Å². The van der Waals surface area contributed by atoms with Gasteiger partial charge in [0.15, 0.2) is 0 Å². The fourth-order valence-electron chi connectivity index (χ4n) is 2.79. The second-order valence-electron chi connectivity index (χ2n) is 7.22. The average molecular weight is 395 g/mol. The molecule has 0 aromatic heterocycles. The van der Waals surface area contributed by atoms with Crippen LogP contribution in [0.25, 0.3) is 0 Å². The van der Waals surface area contributed by atoms with Gasteiger partial charge in [0.2, 0.25) is 0 Å². The summed E-state index contributed by atoms with van der Waals surface area (Å²) >= 11 is -0.309. The van der Waals surface area contributed by atoms with E-state index >= 15 is 0 Å². The number of carbonyl (C=O) groups is 1. The number of carbonyl (C=O) groups excluding carboxylic acids is 1. The predicted molar refractivity (Wildman–Crippen MR) is 92.4 cm³/mol. The number of ether oxygens (including phenoxy) is 2. The van der Waals surface area contributed by atoms with E-state index in [0.717, 1.165) is 5.56 Å². The van der Waals surface area contributed by atoms with E-state index in [1.165, 1.54) is 0 Å². The maximum atomic E-state index is 12.8. The molecular weight excluding hydrogens is 371 g/mol. The molecular formula is C18H24N2O3Se. The molecule has 0 unspecified atom stereocenters. The number of hydrogen-bond donors (Lipinski definition) is 0. The van der Waals surface area contributed by atoms with Crippen LogP contribution in [0, 0.1) is 10.2 Å². The summed E-state index contributed by atoms with van der Waals surface area (Å²) in [5.41, 5.74) is -0.284. The van der Waals surface area contributed by atoms with Gasteiger partial charge in [-0.2, -0.15) is 0 Å². The molecule has 0 bridgehead atoms. The van der Waals surface area contributed by atoms with Gasteiger partial charge in [-0.25, -0.2) is 0 Å². The maximum absolute atomic E-state index is 12.8. The van der Waals surface area contributed by atoms with Crippen LogP contribution in [0.3, 0.4) is 0 Å². The topological polar surface area (TPSA) is 62.6 Å². The number of nitrogens with zero attached hydrogens (tertiary/aromatic N) is 2. The van der Waals surface area contributed by atoms with Crippen LogP contribution in [-0.4, -0.2) is 49.9 Å². The van der Waals surface area contributed by atoms with Crippen molar-refractivity contribution >= 4 is 21.1 Å². The second-order valence-corrected chi connectivity index (χ2v) is 9.16. The van der Waals surface area contributed by atoms with Crippen molar-refractivity contribution in [3.05, 3.63) is 35.9 Å². The quantitative estimate of drug-likeness (QED) is 0.737. The summed E-state index contributed by atoms with van der Waals surface area (Å²) in [5, 5.41) is 9.30. The molecule has 1 aliphatic rings. The minimum atomic E-state index is -0.758. The molecule has 2 atom stereocenters. The first-order valence-electron chi connectivity index (χ1n) is 7.91. The van der Waals surface area contributed by atoms with E-state index in [-0.39, 0.29) is 25.8 Å². The average Bonchev–Trinajstić information content (AvgIpc) is 2.79. The van der Waals surface area contributed by atoms with Gasteiger partial charge in [0.25, 0.3) is 0 Å². The Balaban J connectivity index is 2.35. The Bertz CT molecular complexity index is 619. The van der Waals surface area contributed by atoms with Gasteiger partial charge < -0.3 is 0 Å². The molecule has 1 heterocycles. The first-order chi connectivity index (χ1) is 11.2. The molecule has 0 radical (unpaired) electrons. The third kappa shape index (κ3) is 4.30. The number of rotatable bonds is 3. The molecule has 0 spiro atoms. The molecule has 130 valence electrons. The van der Waals surface area contributed by atoms with Gasteiger partial charge in [-0.1, -0.05) is 0 Å². The number of amides is 1. The van der Waals surface area contributed by atoms with E-state index in [1.807, 2.05) is 65.0 Å². The molecule has 1 aromatic rings. The number of hydrogen-bond acceptors (Lipinski definition) is 4. The zero-order chi connectivity index (χ0) is 18.0. The monoisotopic (exact) mass is 396 g/mol. The van der Waals surface area contributed by atoms with E-state index in [9.17, 15) is 10.1 Å². The summed E-state index contributed by atoms with van der Waals surface area (Å²) in [6, 6.07) is 9.64. The van der Waals surface area contributed by atoms with E-state index in [0.29, 0.717) is 6.61 Å². The van der Waals surface area contributed by atoms with Crippen LogP contribution in [0.15, 0.2) is 30.3 Å². The van der Waals surface area contributed by atoms with Gasteiger partial charge in [-0.15, -0.1) is 0 Å². The van der Waals surface area contributed by atoms with Gasteiger partial charge in [-0.3, -0.25) is 0 Å². The SMILES string of the molecule is CC(C)(C)OC(=O)N1[C@@H]([C@H]([Se]C#N)c2ccccc2)COC1(C)C. The van der Waals surface area contributed by atoms with Crippen LogP contribution < -0.4 is 0 Å².